The Balaban J connectivity index is 0.000000107. The molecule has 0 radical (unpaired) electrons. The summed E-state index contributed by atoms with van der Waals surface area (Å²) in [5.41, 5.74) is 0.361. The van der Waals surface area contributed by atoms with Gasteiger partial charge in [0.25, 0.3) is 0 Å². The number of rotatable bonds is 3. The maximum absolute atomic E-state index is 9.99. The van der Waals surface area contributed by atoms with Crippen molar-refractivity contribution < 1.29 is 9.53 Å². The highest BCUT2D eigenvalue weighted by molar-refractivity contribution is 5.53. The highest BCUT2D eigenvalue weighted by atomic mass is 16.6. The average molecular weight is 196 g/mol. The van der Waals surface area contributed by atoms with Crippen LogP contribution in [0.3, 0.4) is 0 Å². The van der Waals surface area contributed by atoms with E-state index in [1.165, 1.54) is 25.7 Å². The molecule has 14 heavy (non-hydrogen) atoms. The minimum Gasteiger partial charge on any atom is -0.370 e. The van der Waals surface area contributed by atoms with Crippen LogP contribution in [0.4, 0.5) is 0 Å². The molecule has 0 amide bonds. The Bertz CT molecular complexity index is 212. The third-order valence-corrected chi connectivity index (χ3v) is 3.62. The van der Waals surface area contributed by atoms with Crippen molar-refractivity contribution >= 4 is 6.29 Å². The second-order valence-corrected chi connectivity index (χ2v) is 5.21. The molecule has 3 fully saturated rings. The third kappa shape index (κ3) is 2.57. The zero-order chi connectivity index (χ0) is 10.2. The molecular formula is C12H20O2. The van der Waals surface area contributed by atoms with Crippen LogP contribution in [-0.2, 0) is 9.53 Å². The first kappa shape index (κ1) is 10.2. The van der Waals surface area contributed by atoms with Crippen LogP contribution in [0.1, 0.15) is 39.5 Å². The summed E-state index contributed by atoms with van der Waals surface area (Å²) in [5.74, 6) is 2.02. The van der Waals surface area contributed by atoms with Gasteiger partial charge in [-0.1, -0.05) is 6.92 Å². The number of epoxide rings is 1. The Kier molecular flexibility index (Phi) is 2.65. The van der Waals surface area contributed by atoms with Gasteiger partial charge in [0.15, 0.2) is 0 Å². The van der Waals surface area contributed by atoms with Crippen LogP contribution in [0.5, 0.6) is 0 Å². The molecule has 1 heterocycles. The quantitative estimate of drug-likeness (QED) is 0.512. The minimum absolute atomic E-state index is 0.333. The Morgan fingerprint density at radius 3 is 2.07 bits per heavy atom. The fraction of sp³-hybridized carbons (Fsp3) is 0.917. The van der Waals surface area contributed by atoms with Gasteiger partial charge in [-0.15, -0.1) is 0 Å². The molecule has 3 aliphatic rings. The molecule has 80 valence electrons. The third-order valence-electron chi connectivity index (χ3n) is 3.62. The molecule has 2 unspecified atom stereocenters. The fourth-order valence-corrected chi connectivity index (χ4v) is 1.78. The molecule has 0 aromatic heterocycles. The molecule has 0 aromatic carbocycles. The molecule has 2 nitrogen and oxygen atoms in total. The minimum atomic E-state index is 0.333. The van der Waals surface area contributed by atoms with E-state index in [4.69, 9.17) is 4.74 Å². The van der Waals surface area contributed by atoms with Crippen LogP contribution in [0, 0.1) is 17.8 Å². The molecule has 2 heteroatoms. The lowest BCUT2D eigenvalue weighted by molar-refractivity contribution is -0.111. The second-order valence-electron chi connectivity index (χ2n) is 5.21. The number of ether oxygens (including phenoxy) is 1. The molecule has 2 saturated carbocycles. The van der Waals surface area contributed by atoms with Crippen molar-refractivity contribution in [2.45, 2.75) is 45.1 Å². The van der Waals surface area contributed by atoms with E-state index in [0.717, 1.165) is 24.7 Å². The second kappa shape index (κ2) is 3.65. The van der Waals surface area contributed by atoms with Gasteiger partial charge < -0.3 is 9.53 Å². The molecule has 0 bridgehead atoms. The maximum atomic E-state index is 9.99. The predicted molar refractivity (Wildman–Crippen MR) is 55.0 cm³/mol. The van der Waals surface area contributed by atoms with Crippen molar-refractivity contribution in [3.8, 4) is 0 Å². The van der Waals surface area contributed by atoms with Crippen molar-refractivity contribution in [3.05, 3.63) is 0 Å². The van der Waals surface area contributed by atoms with Gasteiger partial charge in [-0.25, -0.2) is 0 Å². The first-order chi connectivity index (χ1) is 6.65. The van der Waals surface area contributed by atoms with Gasteiger partial charge in [-0.3, -0.25) is 0 Å². The number of aldehydes is 1. The van der Waals surface area contributed by atoms with E-state index in [-0.39, 0.29) is 0 Å². The summed E-state index contributed by atoms with van der Waals surface area (Å²) in [7, 11) is 0. The van der Waals surface area contributed by atoms with Crippen molar-refractivity contribution in [1.29, 1.82) is 0 Å². The number of carbonyl (C=O) groups is 1. The molecule has 2 aliphatic carbocycles. The molecule has 2 atom stereocenters. The predicted octanol–water partition coefficient (Wildman–Crippen LogP) is 2.42. The van der Waals surface area contributed by atoms with Crippen LogP contribution in [0.15, 0.2) is 0 Å². The first-order valence-corrected chi connectivity index (χ1v) is 5.75. The monoisotopic (exact) mass is 196 g/mol. The van der Waals surface area contributed by atoms with E-state index in [0.29, 0.717) is 11.5 Å². The smallest absolute Gasteiger partial charge is 0.123 e. The summed E-state index contributed by atoms with van der Waals surface area (Å²) in [6.07, 6.45) is 6.44. The Morgan fingerprint density at radius 1 is 1.36 bits per heavy atom. The van der Waals surface area contributed by atoms with Crippen LogP contribution >= 0.6 is 0 Å². The van der Waals surface area contributed by atoms with E-state index in [1.54, 1.807) is 0 Å². The summed E-state index contributed by atoms with van der Waals surface area (Å²) in [6, 6.07) is 0. The van der Waals surface area contributed by atoms with Gasteiger partial charge in [0.05, 0.1) is 12.2 Å². The average Bonchev–Trinajstić information content (AvgIpc) is 3.03. The normalized spacial score (nSPS) is 36.7. The first-order valence-electron chi connectivity index (χ1n) is 5.75. The van der Waals surface area contributed by atoms with Gasteiger partial charge in [-0.05, 0) is 44.4 Å². The molecule has 0 aromatic rings. The van der Waals surface area contributed by atoms with Crippen LogP contribution in [0.2, 0.25) is 0 Å². The van der Waals surface area contributed by atoms with E-state index in [2.05, 4.69) is 6.92 Å². The van der Waals surface area contributed by atoms with Gasteiger partial charge in [0, 0.05) is 5.92 Å². The largest absolute Gasteiger partial charge is 0.370 e. The summed E-state index contributed by atoms with van der Waals surface area (Å²) in [6.45, 7) is 5.23. The van der Waals surface area contributed by atoms with Gasteiger partial charge in [0.1, 0.15) is 6.29 Å². The summed E-state index contributed by atoms with van der Waals surface area (Å²) in [5, 5.41) is 0. The lowest BCUT2D eigenvalue weighted by Gasteiger charge is -1.95. The summed E-state index contributed by atoms with van der Waals surface area (Å²) < 4.78 is 5.22. The van der Waals surface area contributed by atoms with Crippen LogP contribution < -0.4 is 0 Å². The van der Waals surface area contributed by atoms with Crippen LogP contribution in [0.25, 0.3) is 0 Å². The molecule has 3 rings (SSSR count). The Hall–Kier alpha value is -0.370. The molecule has 0 spiro atoms. The zero-order valence-electron chi connectivity index (χ0n) is 9.16. The van der Waals surface area contributed by atoms with Crippen molar-refractivity contribution in [1.82, 2.24) is 0 Å². The Morgan fingerprint density at radius 2 is 1.93 bits per heavy atom. The van der Waals surface area contributed by atoms with Crippen LogP contribution in [-0.4, -0.2) is 18.5 Å². The Labute approximate surface area is 86.0 Å². The van der Waals surface area contributed by atoms with Gasteiger partial charge >= 0.3 is 0 Å². The topological polar surface area (TPSA) is 29.6 Å². The van der Waals surface area contributed by atoms with Gasteiger partial charge in [-0.2, -0.15) is 0 Å². The molecular weight excluding hydrogens is 176 g/mol. The molecule has 1 saturated heterocycles. The van der Waals surface area contributed by atoms with E-state index in [1.807, 2.05) is 6.92 Å². The SMILES string of the molecule is CC(C=O)C1CC1.CC1(C2CC2)CO1. The van der Waals surface area contributed by atoms with Gasteiger partial charge in [0.2, 0.25) is 0 Å². The highest BCUT2D eigenvalue weighted by Gasteiger charge is 2.51. The molecule has 1 aliphatic heterocycles. The van der Waals surface area contributed by atoms with E-state index < -0.39 is 0 Å². The summed E-state index contributed by atoms with van der Waals surface area (Å²) >= 11 is 0. The number of carbonyl (C=O) groups excluding carboxylic acids is 1. The number of hydrogen-bond donors (Lipinski definition) is 0. The van der Waals surface area contributed by atoms with Crippen molar-refractivity contribution in [2.75, 3.05) is 6.61 Å². The summed E-state index contributed by atoms with van der Waals surface area (Å²) in [4.78, 5) is 9.99. The number of hydrogen-bond acceptors (Lipinski definition) is 2. The highest BCUT2D eigenvalue weighted by Crippen LogP contribution is 2.48. The maximum Gasteiger partial charge on any atom is 0.123 e. The zero-order valence-corrected chi connectivity index (χ0v) is 9.16. The lowest BCUT2D eigenvalue weighted by Crippen LogP contribution is -2.05. The fourth-order valence-electron chi connectivity index (χ4n) is 1.78. The standard InChI is InChI=1S/2C6H10O/c1-6(4-7-6)5-2-3-5;1-5(4-7)6-2-3-6/h5H,2-4H2,1H3;4-6H,2-3H2,1H3. The van der Waals surface area contributed by atoms with Crippen molar-refractivity contribution in [2.24, 2.45) is 17.8 Å². The van der Waals surface area contributed by atoms with E-state index >= 15 is 0 Å². The van der Waals surface area contributed by atoms with Crippen molar-refractivity contribution in [3.63, 3.8) is 0 Å². The molecule has 0 N–H and O–H groups in total. The van der Waals surface area contributed by atoms with E-state index in [9.17, 15) is 4.79 Å². The lowest BCUT2D eigenvalue weighted by atomic mass is 10.1.